The maximum atomic E-state index is 14.2. The van der Waals surface area contributed by atoms with Gasteiger partial charge in [-0.2, -0.15) is 4.98 Å². The second kappa shape index (κ2) is 7.22. The van der Waals surface area contributed by atoms with Gasteiger partial charge in [-0.25, -0.2) is 9.37 Å². The molecule has 24 heavy (non-hydrogen) atoms. The number of nitrogens with one attached hydrogen (secondary N) is 2. The molecule has 0 aromatic carbocycles. The van der Waals surface area contributed by atoms with Crippen LogP contribution in [-0.2, 0) is 4.74 Å². The second-order valence-electron chi connectivity index (χ2n) is 5.32. The van der Waals surface area contributed by atoms with Gasteiger partial charge in [-0.15, -0.1) is 0 Å². The molecule has 1 saturated heterocycles. The normalized spacial score (nSPS) is 20.7. The maximum Gasteiger partial charge on any atom is 0.265 e. The Kier molecular flexibility index (Phi) is 5.24. The van der Waals surface area contributed by atoms with Crippen LogP contribution in [0.15, 0.2) is 9.95 Å². The van der Waals surface area contributed by atoms with E-state index < -0.39 is 11.4 Å². The summed E-state index contributed by atoms with van der Waals surface area (Å²) in [6.07, 6.45) is 1.72. The van der Waals surface area contributed by atoms with Crippen molar-refractivity contribution in [1.82, 2.24) is 20.3 Å². The summed E-state index contributed by atoms with van der Waals surface area (Å²) < 4.78 is 25.3. The summed E-state index contributed by atoms with van der Waals surface area (Å²) in [5, 5.41) is 3.00. The van der Waals surface area contributed by atoms with Gasteiger partial charge >= 0.3 is 0 Å². The average molecular weight is 375 g/mol. The van der Waals surface area contributed by atoms with Gasteiger partial charge in [-0.05, 0) is 13.3 Å². The van der Waals surface area contributed by atoms with Gasteiger partial charge in [0.05, 0.1) is 19.8 Å². The van der Waals surface area contributed by atoms with Crippen LogP contribution in [0.3, 0.4) is 0 Å². The summed E-state index contributed by atoms with van der Waals surface area (Å²) in [6.45, 7) is 1.38. The first kappa shape index (κ1) is 17.4. The molecule has 0 bridgehead atoms. The average Bonchev–Trinajstić information content (AvgIpc) is 3.04. The summed E-state index contributed by atoms with van der Waals surface area (Å²) in [7, 11) is 1.84. The zero-order chi connectivity index (χ0) is 17.3. The fourth-order valence-corrected chi connectivity index (χ4v) is 3.11. The number of likely N-dealkylation sites (N-methyl/N-ethyl adjacent to an activating group) is 1. The van der Waals surface area contributed by atoms with E-state index in [1.807, 2.05) is 7.05 Å². The van der Waals surface area contributed by atoms with Gasteiger partial charge in [0.1, 0.15) is 10.9 Å². The molecule has 2 aromatic heterocycles. The Morgan fingerprint density at radius 3 is 3.00 bits per heavy atom. The smallest absolute Gasteiger partial charge is 0.265 e. The van der Waals surface area contributed by atoms with Crippen molar-refractivity contribution >= 4 is 34.3 Å². The number of aromatic amines is 1. The maximum absolute atomic E-state index is 14.2. The number of hydrogen-bond acceptors (Lipinski definition) is 7. The second-order valence-corrected chi connectivity index (χ2v) is 6.48. The summed E-state index contributed by atoms with van der Waals surface area (Å²) in [5.41, 5.74) is -0.666. The van der Waals surface area contributed by atoms with Crippen LogP contribution in [-0.4, -0.2) is 54.1 Å². The fourth-order valence-electron chi connectivity index (χ4n) is 2.57. The molecule has 2 aromatic rings. The Labute approximate surface area is 146 Å². The lowest BCUT2D eigenvalue weighted by Gasteiger charge is -2.17. The van der Waals surface area contributed by atoms with E-state index in [0.717, 1.165) is 0 Å². The molecule has 2 N–H and O–H groups in total. The summed E-state index contributed by atoms with van der Waals surface area (Å²) >= 11 is 7.02. The number of rotatable bonds is 5. The number of ether oxygens (including phenoxy) is 2. The number of H-pyrrole nitrogens is 1. The molecule has 130 valence electrons. The van der Waals surface area contributed by atoms with E-state index in [0.29, 0.717) is 18.4 Å². The Hall–Kier alpha value is -1.42. The first-order chi connectivity index (χ1) is 11.5. The third-order valence-electron chi connectivity index (χ3n) is 3.90. The summed E-state index contributed by atoms with van der Waals surface area (Å²) in [5.74, 6) is -0.773. The Morgan fingerprint density at radius 2 is 2.29 bits per heavy atom. The zero-order valence-electron chi connectivity index (χ0n) is 13.1. The number of pyridine rings is 1. The highest BCUT2D eigenvalue weighted by Crippen LogP contribution is 2.28. The third-order valence-corrected chi connectivity index (χ3v) is 4.73. The molecule has 2 atom stereocenters. The molecule has 1 aliphatic rings. The van der Waals surface area contributed by atoms with Crippen LogP contribution >= 0.6 is 23.4 Å². The van der Waals surface area contributed by atoms with Crippen molar-refractivity contribution in [3.05, 3.63) is 21.3 Å². The van der Waals surface area contributed by atoms with Crippen molar-refractivity contribution in [3.8, 4) is 5.88 Å². The molecule has 3 heterocycles. The highest BCUT2D eigenvalue weighted by molar-refractivity contribution is 7.98. The Balaban J connectivity index is 1.98. The summed E-state index contributed by atoms with van der Waals surface area (Å²) in [4.78, 5) is 22.8. The van der Waals surface area contributed by atoms with Crippen LogP contribution in [0, 0.1) is 11.7 Å². The topological polar surface area (TPSA) is 89.1 Å². The van der Waals surface area contributed by atoms with Gasteiger partial charge in [-0.3, -0.25) is 4.79 Å². The zero-order valence-corrected chi connectivity index (χ0v) is 14.6. The minimum Gasteiger partial charge on any atom is -0.477 e. The third kappa shape index (κ3) is 3.21. The predicted octanol–water partition coefficient (Wildman–Crippen LogP) is 1.45. The molecular formula is C14H16ClFN4O3S. The van der Waals surface area contributed by atoms with E-state index in [2.05, 4.69) is 20.3 Å². The highest BCUT2D eigenvalue weighted by atomic mass is 35.5. The van der Waals surface area contributed by atoms with E-state index in [1.54, 1.807) is 6.26 Å². The SMILES string of the molecule is CN[C@H]1COC[C@@H]1COc1nc(Cl)c(F)c2nc(SC)[nH]c(=O)c12. The van der Waals surface area contributed by atoms with E-state index in [1.165, 1.54) is 11.8 Å². The number of nitrogens with zero attached hydrogens (tertiary/aromatic N) is 2. The van der Waals surface area contributed by atoms with Gasteiger partial charge in [0.2, 0.25) is 5.88 Å². The van der Waals surface area contributed by atoms with Crippen LogP contribution in [0.5, 0.6) is 5.88 Å². The van der Waals surface area contributed by atoms with Gasteiger partial charge in [0, 0.05) is 12.0 Å². The molecule has 3 rings (SSSR count). The van der Waals surface area contributed by atoms with Crippen molar-refractivity contribution in [2.24, 2.45) is 5.92 Å². The molecule has 0 saturated carbocycles. The number of thioether (sulfide) groups is 1. The minimum absolute atomic E-state index is 0.0282. The van der Waals surface area contributed by atoms with Crippen LogP contribution < -0.4 is 15.6 Å². The van der Waals surface area contributed by atoms with Gasteiger partial charge in [0.25, 0.3) is 5.56 Å². The molecule has 0 unspecified atom stereocenters. The van der Waals surface area contributed by atoms with Crippen LogP contribution in [0.1, 0.15) is 0 Å². The lowest BCUT2D eigenvalue weighted by molar-refractivity contribution is 0.166. The number of aromatic nitrogens is 3. The Bertz CT molecular complexity index is 819. The van der Waals surface area contributed by atoms with E-state index in [-0.39, 0.29) is 40.5 Å². The van der Waals surface area contributed by atoms with Crippen molar-refractivity contribution < 1.29 is 13.9 Å². The lowest BCUT2D eigenvalue weighted by atomic mass is 10.1. The molecule has 1 aliphatic heterocycles. The fraction of sp³-hybridized carbons (Fsp3) is 0.500. The summed E-state index contributed by atoms with van der Waals surface area (Å²) in [6, 6.07) is 0.145. The molecule has 0 amide bonds. The van der Waals surface area contributed by atoms with E-state index in [4.69, 9.17) is 21.1 Å². The largest absolute Gasteiger partial charge is 0.477 e. The molecule has 0 radical (unpaired) electrons. The molecular weight excluding hydrogens is 359 g/mol. The first-order valence-corrected chi connectivity index (χ1v) is 8.86. The predicted molar refractivity (Wildman–Crippen MR) is 89.6 cm³/mol. The highest BCUT2D eigenvalue weighted by Gasteiger charge is 2.28. The number of fused-ring (bicyclic) bond motifs is 1. The van der Waals surface area contributed by atoms with Gasteiger partial charge < -0.3 is 19.8 Å². The van der Waals surface area contributed by atoms with Crippen molar-refractivity contribution in [3.63, 3.8) is 0 Å². The monoisotopic (exact) mass is 374 g/mol. The van der Waals surface area contributed by atoms with Gasteiger partial charge in [-0.1, -0.05) is 23.4 Å². The van der Waals surface area contributed by atoms with Crippen molar-refractivity contribution in [2.75, 3.05) is 33.1 Å². The van der Waals surface area contributed by atoms with Crippen LogP contribution in [0.2, 0.25) is 5.15 Å². The quantitative estimate of drug-likeness (QED) is 0.465. The van der Waals surface area contributed by atoms with E-state index in [9.17, 15) is 9.18 Å². The number of hydrogen-bond donors (Lipinski definition) is 2. The number of halogens is 2. The van der Waals surface area contributed by atoms with Crippen molar-refractivity contribution in [2.45, 2.75) is 11.2 Å². The molecule has 1 fully saturated rings. The van der Waals surface area contributed by atoms with Crippen molar-refractivity contribution in [1.29, 1.82) is 0 Å². The van der Waals surface area contributed by atoms with E-state index >= 15 is 0 Å². The standard InChI is InChI=1S/C14H16ClFN4O3S/c1-17-7-5-22-3-6(7)4-23-13-8-10(9(16)11(15)19-13)18-14(24-2)20-12(8)21/h6-7,17H,3-5H2,1-2H3,(H,18,20,21)/t6-,7+/m1/s1. The molecule has 0 aliphatic carbocycles. The lowest BCUT2D eigenvalue weighted by Crippen LogP contribution is -2.35. The van der Waals surface area contributed by atoms with Crippen LogP contribution in [0.4, 0.5) is 4.39 Å². The molecule has 7 nitrogen and oxygen atoms in total. The van der Waals surface area contributed by atoms with Gasteiger partial charge in [0.15, 0.2) is 16.1 Å². The molecule has 10 heteroatoms. The minimum atomic E-state index is -0.835. The first-order valence-electron chi connectivity index (χ1n) is 7.26. The molecule has 0 spiro atoms. The van der Waals surface area contributed by atoms with Crippen LogP contribution in [0.25, 0.3) is 10.9 Å². The Morgan fingerprint density at radius 1 is 1.50 bits per heavy atom.